The van der Waals surface area contributed by atoms with E-state index in [9.17, 15) is 4.79 Å². The van der Waals surface area contributed by atoms with Crippen molar-refractivity contribution < 1.29 is 14.3 Å². The Labute approximate surface area is 170 Å². The molecule has 1 aromatic heterocycles. The quantitative estimate of drug-likeness (QED) is 0.584. The molecule has 0 spiro atoms. The van der Waals surface area contributed by atoms with Gasteiger partial charge in [-0.15, -0.1) is 0 Å². The molecule has 0 saturated carbocycles. The van der Waals surface area contributed by atoms with E-state index in [0.29, 0.717) is 44.5 Å². The molecular weight excluding hydrogens is 372 g/mol. The number of morpholine rings is 1. The van der Waals surface area contributed by atoms with E-state index in [2.05, 4.69) is 30.8 Å². The summed E-state index contributed by atoms with van der Waals surface area (Å²) in [5, 5.41) is 8.76. The summed E-state index contributed by atoms with van der Waals surface area (Å²) < 4.78 is 10.8. The third kappa shape index (κ3) is 6.49. The highest BCUT2D eigenvalue weighted by atomic mass is 16.5. The summed E-state index contributed by atoms with van der Waals surface area (Å²) in [6.45, 7) is 8.50. The number of anilines is 3. The number of rotatable bonds is 8. The minimum atomic E-state index is -0.268. The minimum Gasteiger partial charge on any atom is -0.494 e. The molecule has 1 aromatic carbocycles. The lowest BCUT2D eigenvalue weighted by Gasteiger charge is -2.28. The minimum absolute atomic E-state index is 0.268. The third-order valence-electron chi connectivity index (χ3n) is 4.29. The summed E-state index contributed by atoms with van der Waals surface area (Å²) in [5.74, 6) is 2.22. The van der Waals surface area contributed by atoms with E-state index in [4.69, 9.17) is 9.47 Å². The van der Waals surface area contributed by atoms with Crippen molar-refractivity contribution in [2.45, 2.75) is 13.8 Å². The van der Waals surface area contributed by atoms with Gasteiger partial charge in [-0.25, -0.2) is 9.78 Å². The van der Waals surface area contributed by atoms with Crippen molar-refractivity contribution in [3.63, 3.8) is 0 Å². The number of nitrogens with zero attached hydrogens (tertiary/aromatic N) is 3. The second-order valence-electron chi connectivity index (χ2n) is 6.56. The van der Waals surface area contributed by atoms with Crippen molar-refractivity contribution in [1.82, 2.24) is 15.3 Å². The van der Waals surface area contributed by atoms with E-state index in [1.807, 2.05) is 32.0 Å². The number of urea groups is 1. The molecule has 2 heterocycles. The molecule has 9 heteroatoms. The Balaban J connectivity index is 1.42. The molecule has 0 unspecified atom stereocenters. The van der Waals surface area contributed by atoms with E-state index in [1.165, 1.54) is 0 Å². The Kier molecular flexibility index (Phi) is 7.46. The Morgan fingerprint density at radius 2 is 1.93 bits per heavy atom. The van der Waals surface area contributed by atoms with Gasteiger partial charge in [0, 0.05) is 43.6 Å². The molecule has 3 rings (SSSR count). The molecule has 29 heavy (non-hydrogen) atoms. The number of aromatic nitrogens is 2. The van der Waals surface area contributed by atoms with Gasteiger partial charge in [0.1, 0.15) is 11.6 Å². The van der Waals surface area contributed by atoms with Crippen LogP contribution in [0.15, 0.2) is 30.3 Å². The highest BCUT2D eigenvalue weighted by Gasteiger charge is 2.14. The molecule has 1 saturated heterocycles. The highest BCUT2D eigenvalue weighted by Crippen LogP contribution is 2.16. The van der Waals surface area contributed by atoms with Crippen LogP contribution >= 0.6 is 0 Å². The molecule has 0 aliphatic carbocycles. The molecule has 156 valence electrons. The average molecular weight is 400 g/mol. The lowest BCUT2D eigenvalue weighted by Crippen LogP contribution is -2.37. The van der Waals surface area contributed by atoms with Crippen molar-refractivity contribution in [2.75, 3.05) is 61.5 Å². The predicted molar refractivity (Wildman–Crippen MR) is 113 cm³/mol. The fourth-order valence-corrected chi connectivity index (χ4v) is 2.91. The fourth-order valence-electron chi connectivity index (χ4n) is 2.91. The van der Waals surface area contributed by atoms with Gasteiger partial charge in [-0.3, -0.25) is 0 Å². The number of nitrogens with one attached hydrogen (secondary N) is 3. The van der Waals surface area contributed by atoms with Crippen LogP contribution in [0.4, 0.5) is 22.2 Å². The van der Waals surface area contributed by atoms with E-state index in [-0.39, 0.29) is 6.03 Å². The van der Waals surface area contributed by atoms with E-state index in [0.717, 1.165) is 30.4 Å². The second-order valence-corrected chi connectivity index (χ2v) is 6.56. The average Bonchev–Trinajstić information content (AvgIpc) is 2.73. The van der Waals surface area contributed by atoms with Crippen molar-refractivity contribution >= 4 is 23.5 Å². The topological polar surface area (TPSA) is 101 Å². The van der Waals surface area contributed by atoms with Crippen LogP contribution in [-0.2, 0) is 4.74 Å². The zero-order valence-electron chi connectivity index (χ0n) is 16.9. The molecule has 2 aromatic rings. The first-order valence-electron chi connectivity index (χ1n) is 9.84. The number of hydrogen-bond donors (Lipinski definition) is 3. The van der Waals surface area contributed by atoms with Crippen LogP contribution in [0.5, 0.6) is 5.75 Å². The van der Waals surface area contributed by atoms with Gasteiger partial charge < -0.3 is 30.3 Å². The van der Waals surface area contributed by atoms with Crippen LogP contribution in [0, 0.1) is 6.92 Å². The van der Waals surface area contributed by atoms with E-state index >= 15 is 0 Å². The maximum absolute atomic E-state index is 12.0. The normalized spacial score (nSPS) is 13.7. The number of carbonyl (C=O) groups is 1. The standard InChI is InChI=1S/C20H28N6O3/c1-3-29-17-6-4-16(5-7-17)24-20(27)22-9-8-21-19-23-15(2)14-18(25-19)26-10-12-28-13-11-26/h4-7,14H,3,8-13H2,1-2H3,(H,21,23,25)(H2,22,24,27). The van der Waals surface area contributed by atoms with Gasteiger partial charge in [0.15, 0.2) is 0 Å². The fraction of sp³-hybridized carbons (Fsp3) is 0.450. The molecule has 0 atom stereocenters. The zero-order chi connectivity index (χ0) is 20.5. The van der Waals surface area contributed by atoms with Crippen LogP contribution in [0.3, 0.4) is 0 Å². The molecule has 1 fully saturated rings. The van der Waals surface area contributed by atoms with Crippen molar-refractivity contribution in [1.29, 1.82) is 0 Å². The van der Waals surface area contributed by atoms with Crippen LogP contribution in [0.25, 0.3) is 0 Å². The smallest absolute Gasteiger partial charge is 0.319 e. The Morgan fingerprint density at radius 3 is 2.66 bits per heavy atom. The molecule has 3 N–H and O–H groups in total. The zero-order valence-corrected chi connectivity index (χ0v) is 16.9. The number of aryl methyl sites for hydroxylation is 1. The Hall–Kier alpha value is -3.07. The molecule has 1 aliphatic heterocycles. The third-order valence-corrected chi connectivity index (χ3v) is 4.29. The van der Waals surface area contributed by atoms with Gasteiger partial charge in [-0.05, 0) is 38.1 Å². The van der Waals surface area contributed by atoms with Gasteiger partial charge in [0.25, 0.3) is 0 Å². The molecule has 2 amide bonds. The number of amides is 2. The van der Waals surface area contributed by atoms with Crippen LogP contribution in [0.2, 0.25) is 0 Å². The Bertz CT molecular complexity index is 793. The van der Waals surface area contributed by atoms with Gasteiger partial charge in [-0.1, -0.05) is 0 Å². The summed E-state index contributed by atoms with van der Waals surface area (Å²) in [6.07, 6.45) is 0. The number of hydrogen-bond acceptors (Lipinski definition) is 7. The molecule has 1 aliphatic rings. The molecule has 0 bridgehead atoms. The monoisotopic (exact) mass is 400 g/mol. The van der Waals surface area contributed by atoms with Crippen LogP contribution < -0.4 is 25.6 Å². The summed E-state index contributed by atoms with van der Waals surface area (Å²) >= 11 is 0. The van der Waals surface area contributed by atoms with Gasteiger partial charge >= 0.3 is 6.03 Å². The maximum atomic E-state index is 12.0. The van der Waals surface area contributed by atoms with Crippen molar-refractivity contribution in [3.05, 3.63) is 36.0 Å². The van der Waals surface area contributed by atoms with E-state index < -0.39 is 0 Å². The number of benzene rings is 1. The molecule has 0 radical (unpaired) electrons. The van der Waals surface area contributed by atoms with Crippen molar-refractivity contribution in [3.8, 4) is 5.75 Å². The lowest BCUT2D eigenvalue weighted by atomic mass is 10.3. The van der Waals surface area contributed by atoms with Gasteiger partial charge in [0.05, 0.1) is 19.8 Å². The van der Waals surface area contributed by atoms with Crippen molar-refractivity contribution in [2.24, 2.45) is 0 Å². The summed E-state index contributed by atoms with van der Waals surface area (Å²) in [6, 6.07) is 8.95. The summed E-state index contributed by atoms with van der Waals surface area (Å²) in [4.78, 5) is 23.2. The first-order valence-corrected chi connectivity index (χ1v) is 9.84. The first-order chi connectivity index (χ1) is 14.1. The first kappa shape index (κ1) is 20.7. The summed E-state index contributed by atoms with van der Waals surface area (Å²) in [5.41, 5.74) is 1.60. The van der Waals surface area contributed by atoms with Gasteiger partial charge in [0.2, 0.25) is 5.95 Å². The van der Waals surface area contributed by atoms with Crippen LogP contribution in [-0.4, -0.2) is 62.0 Å². The lowest BCUT2D eigenvalue weighted by molar-refractivity contribution is 0.122. The maximum Gasteiger partial charge on any atom is 0.319 e. The van der Waals surface area contributed by atoms with Gasteiger partial charge in [-0.2, -0.15) is 4.98 Å². The molecule has 9 nitrogen and oxygen atoms in total. The summed E-state index contributed by atoms with van der Waals surface area (Å²) in [7, 11) is 0. The highest BCUT2D eigenvalue weighted by molar-refractivity contribution is 5.89. The molecular formula is C20H28N6O3. The number of ether oxygens (including phenoxy) is 2. The largest absolute Gasteiger partial charge is 0.494 e. The predicted octanol–water partition coefficient (Wildman–Crippen LogP) is 2.25. The van der Waals surface area contributed by atoms with Crippen LogP contribution in [0.1, 0.15) is 12.6 Å². The number of carbonyl (C=O) groups excluding carboxylic acids is 1. The Morgan fingerprint density at radius 1 is 1.17 bits per heavy atom. The second kappa shape index (κ2) is 10.5. The SMILES string of the molecule is CCOc1ccc(NC(=O)NCCNc2nc(C)cc(N3CCOCC3)n2)cc1. The van der Waals surface area contributed by atoms with E-state index in [1.54, 1.807) is 12.1 Å².